The highest BCUT2D eigenvalue weighted by Gasteiger charge is 2.23. The number of aliphatic carboxylic acids is 1. The molecule has 0 aliphatic heterocycles. The number of nitrogens with zero attached hydrogens (tertiary/aromatic N) is 1. The molecule has 2 N–H and O–H groups in total. The molecule has 1 rings (SSSR count). The molecule has 0 saturated carbocycles. The fraction of sp³-hybridized carbons (Fsp3) is 0.467. The van der Waals surface area contributed by atoms with Crippen LogP contribution < -0.4 is 4.74 Å². The monoisotopic (exact) mass is 295 g/mol. The number of carbonyl (C=O) groups is 2. The Hall–Kier alpha value is -2.08. The predicted octanol–water partition coefficient (Wildman–Crippen LogP) is 1.38. The first-order valence-electron chi connectivity index (χ1n) is 6.81. The fourth-order valence-corrected chi connectivity index (χ4v) is 2.01. The highest BCUT2D eigenvalue weighted by atomic mass is 16.5. The number of aliphatic hydroxyl groups is 1. The number of amides is 1. The van der Waals surface area contributed by atoms with Crippen molar-refractivity contribution in [2.45, 2.75) is 25.8 Å². The molecule has 1 amide bonds. The van der Waals surface area contributed by atoms with Gasteiger partial charge in [0.2, 0.25) is 0 Å². The normalized spacial score (nSPS) is 11.8. The van der Waals surface area contributed by atoms with Crippen molar-refractivity contribution in [1.29, 1.82) is 0 Å². The highest BCUT2D eigenvalue weighted by Crippen LogP contribution is 2.16. The van der Waals surface area contributed by atoms with Gasteiger partial charge in [-0.2, -0.15) is 0 Å². The smallest absolute Gasteiger partial charge is 0.305 e. The van der Waals surface area contributed by atoms with Gasteiger partial charge in [0.05, 0.1) is 26.2 Å². The minimum atomic E-state index is -0.977. The number of carboxylic acids is 1. The van der Waals surface area contributed by atoms with Crippen molar-refractivity contribution in [3.8, 4) is 5.75 Å². The molecule has 0 spiro atoms. The second-order valence-corrected chi connectivity index (χ2v) is 4.62. The minimum Gasteiger partial charge on any atom is -0.497 e. The van der Waals surface area contributed by atoms with Gasteiger partial charge in [-0.3, -0.25) is 9.59 Å². The maximum Gasteiger partial charge on any atom is 0.305 e. The van der Waals surface area contributed by atoms with Crippen LogP contribution in [0.4, 0.5) is 0 Å². The summed E-state index contributed by atoms with van der Waals surface area (Å²) in [6, 6.07) is 6.20. The predicted molar refractivity (Wildman–Crippen MR) is 77.4 cm³/mol. The van der Waals surface area contributed by atoms with Crippen molar-refractivity contribution in [3.05, 3.63) is 29.8 Å². The van der Waals surface area contributed by atoms with Crippen LogP contribution in [0.15, 0.2) is 24.3 Å². The van der Waals surface area contributed by atoms with Crippen molar-refractivity contribution in [2.75, 3.05) is 20.3 Å². The van der Waals surface area contributed by atoms with E-state index < -0.39 is 5.97 Å². The van der Waals surface area contributed by atoms with Crippen molar-refractivity contribution >= 4 is 11.9 Å². The lowest BCUT2D eigenvalue weighted by molar-refractivity contribution is -0.137. The lowest BCUT2D eigenvalue weighted by atomic mass is 10.1. The van der Waals surface area contributed by atoms with Gasteiger partial charge in [0.15, 0.2) is 0 Å². The number of aliphatic hydroxyl groups excluding tert-OH is 1. The Bertz CT molecular complexity index is 467. The average Bonchev–Trinajstić information content (AvgIpc) is 2.50. The van der Waals surface area contributed by atoms with Crippen LogP contribution in [0.2, 0.25) is 0 Å². The van der Waals surface area contributed by atoms with Gasteiger partial charge in [0.25, 0.3) is 5.91 Å². The molecule has 6 heteroatoms. The molecule has 1 unspecified atom stereocenters. The topological polar surface area (TPSA) is 87.1 Å². The summed E-state index contributed by atoms with van der Waals surface area (Å²) >= 11 is 0. The first-order chi connectivity index (χ1) is 10.0. The van der Waals surface area contributed by atoms with Crippen LogP contribution in [0.3, 0.4) is 0 Å². The third-order valence-electron chi connectivity index (χ3n) is 3.29. The number of rotatable bonds is 8. The Morgan fingerprint density at radius 1 is 1.29 bits per heavy atom. The van der Waals surface area contributed by atoms with Gasteiger partial charge < -0.3 is 19.8 Å². The Kier molecular flexibility index (Phi) is 6.68. The summed E-state index contributed by atoms with van der Waals surface area (Å²) in [4.78, 5) is 24.6. The summed E-state index contributed by atoms with van der Waals surface area (Å²) in [5.41, 5.74) is 0.438. The first-order valence-corrected chi connectivity index (χ1v) is 6.81. The molecule has 0 aliphatic rings. The number of hydrogen-bond donors (Lipinski definition) is 2. The molecule has 1 aromatic carbocycles. The van der Waals surface area contributed by atoms with Gasteiger partial charge in [0.1, 0.15) is 5.75 Å². The van der Waals surface area contributed by atoms with Gasteiger partial charge >= 0.3 is 5.97 Å². The molecule has 0 aromatic heterocycles. The van der Waals surface area contributed by atoms with Gasteiger partial charge in [-0.05, 0) is 30.7 Å². The van der Waals surface area contributed by atoms with Crippen molar-refractivity contribution < 1.29 is 24.5 Å². The van der Waals surface area contributed by atoms with E-state index >= 15 is 0 Å². The molecule has 0 heterocycles. The van der Waals surface area contributed by atoms with Crippen molar-refractivity contribution in [2.24, 2.45) is 0 Å². The third-order valence-corrected chi connectivity index (χ3v) is 3.29. The standard InChI is InChI=1S/C15H21NO5/c1-3-12(10-17)16(9-8-14(18)19)15(20)11-4-6-13(21-2)7-5-11/h4-7,12,17H,3,8-10H2,1-2H3,(H,18,19). The molecule has 0 fully saturated rings. The van der Waals surface area contributed by atoms with Crippen LogP contribution in [-0.4, -0.2) is 53.3 Å². The molecule has 6 nitrogen and oxygen atoms in total. The highest BCUT2D eigenvalue weighted by molar-refractivity contribution is 5.94. The average molecular weight is 295 g/mol. The first kappa shape index (κ1) is 17.0. The van der Waals surface area contributed by atoms with Crippen LogP contribution in [0.25, 0.3) is 0 Å². The maximum absolute atomic E-state index is 12.5. The Balaban J connectivity index is 2.93. The summed E-state index contributed by atoms with van der Waals surface area (Å²) in [6.45, 7) is 1.72. The molecule has 0 saturated heterocycles. The van der Waals surface area contributed by atoms with Gasteiger partial charge in [-0.15, -0.1) is 0 Å². The van der Waals surface area contributed by atoms with E-state index in [-0.39, 0.29) is 31.5 Å². The number of methoxy groups -OCH3 is 1. The van der Waals surface area contributed by atoms with E-state index in [2.05, 4.69) is 0 Å². The zero-order valence-corrected chi connectivity index (χ0v) is 12.3. The second kappa shape index (κ2) is 8.26. The molecule has 21 heavy (non-hydrogen) atoms. The number of carbonyl (C=O) groups excluding carboxylic acids is 1. The lowest BCUT2D eigenvalue weighted by Gasteiger charge is -2.29. The SMILES string of the molecule is CCC(CO)N(CCC(=O)O)C(=O)c1ccc(OC)cc1. The molecule has 0 bridgehead atoms. The summed E-state index contributed by atoms with van der Waals surface area (Å²) in [5, 5.41) is 18.2. The van der Waals surface area contributed by atoms with Crippen LogP contribution >= 0.6 is 0 Å². The van der Waals surface area contributed by atoms with Crippen LogP contribution in [0.5, 0.6) is 5.75 Å². The largest absolute Gasteiger partial charge is 0.497 e. The number of benzene rings is 1. The minimum absolute atomic E-state index is 0.0687. The second-order valence-electron chi connectivity index (χ2n) is 4.62. The molecule has 116 valence electrons. The molecule has 1 aromatic rings. The fourth-order valence-electron chi connectivity index (χ4n) is 2.01. The van der Waals surface area contributed by atoms with E-state index in [9.17, 15) is 14.7 Å². The van der Waals surface area contributed by atoms with E-state index in [0.29, 0.717) is 17.7 Å². The maximum atomic E-state index is 12.5. The number of carboxylic acid groups (broad SMARTS) is 1. The molecule has 1 atom stereocenters. The third kappa shape index (κ3) is 4.75. The van der Waals surface area contributed by atoms with Crippen LogP contribution in [0, 0.1) is 0 Å². The van der Waals surface area contributed by atoms with E-state index in [1.165, 1.54) is 12.0 Å². The summed E-state index contributed by atoms with van der Waals surface area (Å²) in [7, 11) is 1.54. The Morgan fingerprint density at radius 2 is 1.90 bits per heavy atom. The summed E-state index contributed by atoms with van der Waals surface area (Å²) in [6.07, 6.45) is 0.399. The Labute approximate surface area is 124 Å². The van der Waals surface area contributed by atoms with E-state index in [1.54, 1.807) is 24.3 Å². The zero-order valence-electron chi connectivity index (χ0n) is 12.3. The van der Waals surface area contributed by atoms with Crippen LogP contribution in [0.1, 0.15) is 30.1 Å². The Morgan fingerprint density at radius 3 is 2.33 bits per heavy atom. The van der Waals surface area contributed by atoms with Crippen LogP contribution in [-0.2, 0) is 4.79 Å². The van der Waals surface area contributed by atoms with Gasteiger partial charge in [-0.1, -0.05) is 6.92 Å². The van der Waals surface area contributed by atoms with Crippen molar-refractivity contribution in [3.63, 3.8) is 0 Å². The molecule has 0 radical (unpaired) electrons. The zero-order chi connectivity index (χ0) is 15.8. The summed E-state index contributed by atoms with van der Waals surface area (Å²) in [5.74, 6) is -0.632. The number of ether oxygens (including phenoxy) is 1. The van der Waals surface area contributed by atoms with Gasteiger partial charge in [-0.25, -0.2) is 0 Å². The van der Waals surface area contributed by atoms with Crippen molar-refractivity contribution in [1.82, 2.24) is 4.90 Å². The van der Waals surface area contributed by atoms with E-state index in [4.69, 9.17) is 9.84 Å². The molecular formula is C15H21NO5. The molecule has 0 aliphatic carbocycles. The summed E-state index contributed by atoms with van der Waals surface area (Å²) < 4.78 is 5.04. The van der Waals surface area contributed by atoms with Gasteiger partial charge in [0, 0.05) is 12.1 Å². The van der Waals surface area contributed by atoms with E-state index in [1.807, 2.05) is 6.92 Å². The number of hydrogen-bond acceptors (Lipinski definition) is 4. The quantitative estimate of drug-likeness (QED) is 0.756. The van der Waals surface area contributed by atoms with E-state index in [0.717, 1.165) is 0 Å². The lowest BCUT2D eigenvalue weighted by Crippen LogP contribution is -2.43. The molecular weight excluding hydrogens is 274 g/mol.